The summed E-state index contributed by atoms with van der Waals surface area (Å²) in [6.07, 6.45) is 4.97. The van der Waals surface area contributed by atoms with Crippen LogP contribution in [-0.2, 0) is 18.9 Å². The lowest BCUT2D eigenvalue weighted by molar-refractivity contribution is 0.0232. The van der Waals surface area contributed by atoms with Gasteiger partial charge >= 0.3 is 24.4 Å². The Morgan fingerprint density at radius 3 is 0.914 bits per heavy atom. The Morgan fingerprint density at radius 1 is 0.362 bits per heavy atom. The van der Waals surface area contributed by atoms with Crippen LogP contribution >= 0.6 is 0 Å². The molecule has 0 heterocycles. The van der Waals surface area contributed by atoms with Gasteiger partial charge in [-0.1, -0.05) is 62.1 Å². The fourth-order valence-electron chi connectivity index (χ4n) is 5.90. The van der Waals surface area contributed by atoms with Crippen molar-refractivity contribution in [3.05, 3.63) is 60.7 Å². The number of ether oxygens (including phenoxy) is 4. The van der Waals surface area contributed by atoms with Gasteiger partial charge < -0.3 is 28.7 Å². The topological polar surface area (TPSA) is 118 Å². The lowest BCUT2D eigenvalue weighted by Crippen LogP contribution is -2.41. The summed E-state index contributed by atoms with van der Waals surface area (Å²) in [6, 6.07) is 18.8. The predicted molar refractivity (Wildman–Crippen MR) is 233 cm³/mol. The molecular weight excluding hydrogens is 737 g/mol. The number of carbonyl (C=O) groups excluding carboxylic acids is 4. The van der Waals surface area contributed by atoms with Gasteiger partial charge in [0.25, 0.3) is 0 Å². The Balaban J connectivity index is 1.93. The van der Waals surface area contributed by atoms with E-state index in [0.717, 1.165) is 49.9 Å². The van der Waals surface area contributed by atoms with Gasteiger partial charge in [0.05, 0.1) is 0 Å². The summed E-state index contributed by atoms with van der Waals surface area (Å²) in [5, 5.41) is 0. The first-order chi connectivity index (χ1) is 26.9. The highest BCUT2D eigenvalue weighted by molar-refractivity contribution is 5.88. The molecule has 0 atom stereocenters. The van der Waals surface area contributed by atoms with Crippen molar-refractivity contribution in [2.24, 2.45) is 0 Å². The van der Waals surface area contributed by atoms with Crippen LogP contribution in [-0.4, -0.2) is 95.8 Å². The van der Waals surface area contributed by atoms with Gasteiger partial charge in [0.2, 0.25) is 0 Å². The first-order valence-electron chi connectivity index (χ1n) is 21.0. The second-order valence-electron chi connectivity index (χ2n) is 18.7. The van der Waals surface area contributed by atoms with Gasteiger partial charge in [-0.15, -0.1) is 0 Å². The summed E-state index contributed by atoms with van der Waals surface area (Å²) in [7, 11) is 0. The molecule has 0 aliphatic carbocycles. The second kappa shape index (κ2) is 23.2. The van der Waals surface area contributed by atoms with Crippen molar-refractivity contribution >= 4 is 35.7 Å². The molecular formula is C46H74N4O8. The highest BCUT2D eigenvalue weighted by Crippen LogP contribution is 2.21. The summed E-state index contributed by atoms with van der Waals surface area (Å²) in [5.74, 6) is 0. The van der Waals surface area contributed by atoms with E-state index in [1.54, 1.807) is 19.6 Å². The molecule has 0 saturated heterocycles. The first-order valence-corrected chi connectivity index (χ1v) is 21.0. The fraction of sp³-hybridized carbons (Fsp3) is 0.652. The molecule has 12 nitrogen and oxygen atoms in total. The SMILES string of the molecule is CC(C)(C)OC(=O)N(CCCCCCCCN(CCCN(C(=O)OC(C)(C)C)c1ccccc1)C(=O)OC(C)(C)C)CCCN(C(=O)OC(C)(C)C)c1ccccc1. The minimum absolute atomic E-state index is 0.365. The monoisotopic (exact) mass is 811 g/mol. The third-order valence-electron chi connectivity index (χ3n) is 8.39. The minimum atomic E-state index is -0.639. The van der Waals surface area contributed by atoms with E-state index in [1.807, 2.05) is 144 Å². The molecule has 4 amide bonds. The molecule has 0 aliphatic heterocycles. The average molecular weight is 811 g/mol. The number of hydrogen-bond acceptors (Lipinski definition) is 8. The largest absolute Gasteiger partial charge is 0.444 e. The summed E-state index contributed by atoms with van der Waals surface area (Å²) in [4.78, 5) is 59.5. The molecule has 0 radical (unpaired) electrons. The summed E-state index contributed by atoms with van der Waals surface area (Å²) in [5.41, 5.74) is -1.06. The lowest BCUT2D eigenvalue weighted by atomic mass is 10.1. The van der Waals surface area contributed by atoms with Crippen molar-refractivity contribution < 1.29 is 38.1 Å². The van der Waals surface area contributed by atoms with Gasteiger partial charge in [-0.3, -0.25) is 9.80 Å². The number of carbonyl (C=O) groups is 4. The number of rotatable bonds is 19. The van der Waals surface area contributed by atoms with Crippen LogP contribution in [0.15, 0.2) is 60.7 Å². The van der Waals surface area contributed by atoms with Crippen LogP contribution in [0.25, 0.3) is 0 Å². The molecule has 2 aromatic carbocycles. The quantitative estimate of drug-likeness (QED) is 0.102. The normalized spacial score (nSPS) is 12.0. The van der Waals surface area contributed by atoms with E-state index in [4.69, 9.17) is 18.9 Å². The maximum atomic E-state index is 13.2. The van der Waals surface area contributed by atoms with Crippen LogP contribution in [0.2, 0.25) is 0 Å². The van der Waals surface area contributed by atoms with Gasteiger partial charge in [-0.05, 0) is 133 Å². The van der Waals surface area contributed by atoms with Crippen molar-refractivity contribution in [1.29, 1.82) is 0 Å². The predicted octanol–water partition coefficient (Wildman–Crippen LogP) is 11.5. The summed E-state index contributed by atoms with van der Waals surface area (Å²) in [6.45, 7) is 24.9. The molecule has 2 rings (SSSR count). The van der Waals surface area contributed by atoms with E-state index in [9.17, 15) is 19.2 Å². The zero-order chi connectivity index (χ0) is 43.6. The number of amides is 4. The molecule has 0 aliphatic rings. The molecule has 0 bridgehead atoms. The highest BCUT2D eigenvalue weighted by atomic mass is 16.6. The van der Waals surface area contributed by atoms with Crippen LogP contribution in [0.5, 0.6) is 0 Å². The van der Waals surface area contributed by atoms with E-state index in [0.29, 0.717) is 52.1 Å². The number of nitrogens with zero attached hydrogens (tertiary/aromatic N) is 4. The number of benzene rings is 2. The summed E-state index contributed by atoms with van der Waals surface area (Å²) < 4.78 is 22.9. The minimum Gasteiger partial charge on any atom is -0.444 e. The maximum Gasteiger partial charge on any atom is 0.414 e. The number of hydrogen-bond donors (Lipinski definition) is 0. The van der Waals surface area contributed by atoms with E-state index in [2.05, 4.69) is 0 Å². The zero-order valence-electron chi connectivity index (χ0n) is 37.7. The average Bonchev–Trinajstić information content (AvgIpc) is 3.08. The molecule has 58 heavy (non-hydrogen) atoms. The fourth-order valence-corrected chi connectivity index (χ4v) is 5.90. The molecule has 2 aromatic rings. The second-order valence-corrected chi connectivity index (χ2v) is 18.7. The molecule has 0 N–H and O–H groups in total. The molecule has 326 valence electrons. The van der Waals surface area contributed by atoms with E-state index in [1.165, 1.54) is 0 Å². The molecule has 12 heteroatoms. The first kappa shape index (κ1) is 49.7. The Hall–Kier alpha value is -4.48. The maximum absolute atomic E-state index is 13.2. The smallest absolute Gasteiger partial charge is 0.414 e. The van der Waals surface area contributed by atoms with E-state index < -0.39 is 34.6 Å². The van der Waals surface area contributed by atoms with Crippen molar-refractivity contribution in [2.45, 2.75) is 157 Å². The van der Waals surface area contributed by atoms with Crippen LogP contribution in [0.4, 0.5) is 30.6 Å². The molecule has 0 unspecified atom stereocenters. The molecule has 0 spiro atoms. The number of unbranched alkanes of at least 4 members (excludes halogenated alkanes) is 5. The zero-order valence-corrected chi connectivity index (χ0v) is 37.7. The Kier molecular flexibility index (Phi) is 19.9. The molecule has 0 saturated carbocycles. The van der Waals surface area contributed by atoms with E-state index in [-0.39, 0.29) is 12.2 Å². The third kappa shape index (κ3) is 21.3. The number of anilines is 2. The Bertz CT molecular complexity index is 1410. The third-order valence-corrected chi connectivity index (χ3v) is 8.39. The van der Waals surface area contributed by atoms with Crippen molar-refractivity contribution in [2.75, 3.05) is 49.1 Å². The van der Waals surface area contributed by atoms with Gasteiger partial charge in [0.15, 0.2) is 0 Å². The van der Waals surface area contributed by atoms with Gasteiger partial charge in [0, 0.05) is 50.6 Å². The van der Waals surface area contributed by atoms with Crippen molar-refractivity contribution in [3.63, 3.8) is 0 Å². The summed E-state index contributed by atoms with van der Waals surface area (Å²) >= 11 is 0. The Labute approximate surface area is 349 Å². The highest BCUT2D eigenvalue weighted by Gasteiger charge is 2.27. The van der Waals surface area contributed by atoms with Gasteiger partial charge in [-0.2, -0.15) is 0 Å². The van der Waals surface area contributed by atoms with Crippen LogP contribution in [0, 0.1) is 0 Å². The molecule has 0 aromatic heterocycles. The standard InChI is InChI=1S/C46H74N4O8/c1-43(2,3)55-39(51)47(33-25-35-49(37-27-19-17-20-28-37)41(53)57-45(7,8)9)31-23-15-13-14-16-24-32-48(40(52)56-44(4,5)6)34-26-36-50(38-29-21-18-22-30-38)42(54)58-46(10,11)12/h17-22,27-30H,13-16,23-26,31-36H2,1-12H3. The van der Waals surface area contributed by atoms with E-state index >= 15 is 0 Å². The number of para-hydroxylation sites is 2. The van der Waals surface area contributed by atoms with Gasteiger partial charge in [-0.25, -0.2) is 19.2 Å². The van der Waals surface area contributed by atoms with Crippen molar-refractivity contribution in [1.82, 2.24) is 9.80 Å². The van der Waals surface area contributed by atoms with Gasteiger partial charge in [0.1, 0.15) is 22.4 Å². The molecule has 0 fully saturated rings. The van der Waals surface area contributed by atoms with Crippen LogP contribution in [0.3, 0.4) is 0 Å². The van der Waals surface area contributed by atoms with Crippen LogP contribution < -0.4 is 9.80 Å². The lowest BCUT2D eigenvalue weighted by Gasteiger charge is -2.30. The Morgan fingerprint density at radius 2 is 0.621 bits per heavy atom. The van der Waals surface area contributed by atoms with Crippen molar-refractivity contribution in [3.8, 4) is 0 Å². The van der Waals surface area contributed by atoms with Crippen LogP contribution in [0.1, 0.15) is 134 Å².